The molecule has 0 bridgehead atoms. The molecule has 0 N–H and O–H groups in total. The molecule has 0 unspecified atom stereocenters. The highest BCUT2D eigenvalue weighted by Gasteiger charge is 2.41. The molecular weight excluding hydrogens is 550 g/mol. The van der Waals surface area contributed by atoms with E-state index in [1.807, 2.05) is 0 Å². The number of ether oxygens (including phenoxy) is 2. The monoisotopic (exact) mass is 629 g/mol. The third-order valence-corrected chi connectivity index (χ3v) is 9.12. The number of allylic oxidation sites excluding steroid dienone is 8. The smallest absolute Gasteiger partial charge is 0.138 e. The minimum Gasteiger partial charge on any atom is -0.369 e. The van der Waals surface area contributed by atoms with Crippen LogP contribution in [0.15, 0.2) is 48.6 Å². The summed E-state index contributed by atoms with van der Waals surface area (Å²) in [5.74, 6) is 0. The molecule has 3 heteroatoms. The Labute approximate surface area is 282 Å². The van der Waals surface area contributed by atoms with Crippen LogP contribution in [0.2, 0.25) is 0 Å². The summed E-state index contributed by atoms with van der Waals surface area (Å²) in [4.78, 5) is 0. The van der Waals surface area contributed by atoms with E-state index in [-0.39, 0.29) is 12.2 Å². The SMILES string of the molecule is CCCCCC=CCC=CCCCCCCCCO[C@H]1C[N+](C)(C)C[C@@H]1OCCCCCCCCC=CCC=CCCCCC. The van der Waals surface area contributed by atoms with E-state index in [1.54, 1.807) is 0 Å². The standard InChI is InChI=1S/C42H78NO2/c1-5-7-9-11-13-15-17-19-21-23-25-27-29-31-33-35-37-44-41-39-43(3,4)40-42(41)45-38-36-34-32-30-28-26-24-22-20-18-16-14-12-10-8-6-2/h13-16,19-22,41-42H,5-12,17-18,23-40H2,1-4H3/q+1/t41-,42-/m0/s1. The summed E-state index contributed by atoms with van der Waals surface area (Å²) >= 11 is 0. The van der Waals surface area contributed by atoms with Crippen LogP contribution in [-0.2, 0) is 9.47 Å². The topological polar surface area (TPSA) is 18.5 Å². The van der Waals surface area contributed by atoms with E-state index in [4.69, 9.17) is 9.47 Å². The van der Waals surface area contributed by atoms with Crippen molar-refractivity contribution < 1.29 is 14.0 Å². The van der Waals surface area contributed by atoms with Gasteiger partial charge in [0.1, 0.15) is 25.3 Å². The first-order valence-electron chi connectivity index (χ1n) is 19.7. The average Bonchev–Trinajstić information content (AvgIpc) is 3.32. The van der Waals surface area contributed by atoms with Gasteiger partial charge in [0.25, 0.3) is 0 Å². The van der Waals surface area contributed by atoms with Gasteiger partial charge in [0.2, 0.25) is 0 Å². The summed E-state index contributed by atoms with van der Waals surface area (Å²) in [5, 5.41) is 0. The zero-order valence-corrected chi connectivity index (χ0v) is 30.8. The van der Waals surface area contributed by atoms with Gasteiger partial charge in [-0.05, 0) is 77.0 Å². The predicted molar refractivity (Wildman–Crippen MR) is 200 cm³/mol. The van der Waals surface area contributed by atoms with Gasteiger partial charge in [-0.25, -0.2) is 0 Å². The minimum atomic E-state index is 0.266. The van der Waals surface area contributed by atoms with Gasteiger partial charge in [0.05, 0.1) is 14.1 Å². The van der Waals surface area contributed by atoms with Crippen molar-refractivity contribution in [2.45, 2.75) is 180 Å². The molecule has 1 heterocycles. The summed E-state index contributed by atoms with van der Waals surface area (Å²) in [5.41, 5.74) is 0. The molecule has 262 valence electrons. The lowest BCUT2D eigenvalue weighted by atomic mass is 10.1. The Balaban J connectivity index is 1.96. The average molecular weight is 629 g/mol. The molecule has 0 saturated carbocycles. The van der Waals surface area contributed by atoms with Crippen LogP contribution in [0.1, 0.15) is 168 Å². The second-order valence-electron chi connectivity index (χ2n) is 14.3. The Kier molecular flexibility index (Phi) is 29.2. The molecule has 3 nitrogen and oxygen atoms in total. The third kappa shape index (κ3) is 27.6. The van der Waals surface area contributed by atoms with Crippen LogP contribution in [0.25, 0.3) is 0 Å². The van der Waals surface area contributed by atoms with Crippen molar-refractivity contribution in [3.63, 3.8) is 0 Å². The maximum atomic E-state index is 6.39. The second-order valence-corrected chi connectivity index (χ2v) is 14.3. The van der Waals surface area contributed by atoms with Crippen molar-refractivity contribution in [2.24, 2.45) is 0 Å². The molecule has 0 radical (unpaired) electrons. The highest BCUT2D eigenvalue weighted by atomic mass is 16.5. The predicted octanol–water partition coefficient (Wildman–Crippen LogP) is 12.5. The van der Waals surface area contributed by atoms with Gasteiger partial charge in [0.15, 0.2) is 0 Å². The molecule has 2 atom stereocenters. The van der Waals surface area contributed by atoms with Crippen molar-refractivity contribution in [1.82, 2.24) is 0 Å². The lowest BCUT2D eigenvalue weighted by Crippen LogP contribution is -2.38. The van der Waals surface area contributed by atoms with Crippen LogP contribution < -0.4 is 0 Å². The number of hydrogen-bond donors (Lipinski definition) is 0. The van der Waals surface area contributed by atoms with Crippen LogP contribution in [-0.4, -0.2) is 57.1 Å². The van der Waals surface area contributed by atoms with E-state index < -0.39 is 0 Å². The molecule has 0 aromatic heterocycles. The maximum Gasteiger partial charge on any atom is 0.138 e. The quantitative estimate of drug-likeness (QED) is 0.0419. The molecule has 1 rings (SSSR count). The van der Waals surface area contributed by atoms with E-state index in [2.05, 4.69) is 76.6 Å². The fourth-order valence-electron chi connectivity index (χ4n) is 6.25. The Hall–Kier alpha value is -1.16. The summed E-state index contributed by atoms with van der Waals surface area (Å²) in [6.07, 6.45) is 50.3. The fraction of sp³-hybridized carbons (Fsp3) is 0.810. The van der Waals surface area contributed by atoms with E-state index >= 15 is 0 Å². The highest BCUT2D eigenvalue weighted by molar-refractivity contribution is 4.93. The van der Waals surface area contributed by atoms with Crippen molar-refractivity contribution in [1.29, 1.82) is 0 Å². The fourth-order valence-corrected chi connectivity index (χ4v) is 6.25. The van der Waals surface area contributed by atoms with Crippen LogP contribution in [0, 0.1) is 0 Å². The molecule has 0 aromatic carbocycles. The lowest BCUT2D eigenvalue weighted by molar-refractivity contribution is -0.880. The molecule has 1 fully saturated rings. The first-order valence-corrected chi connectivity index (χ1v) is 19.7. The Bertz CT molecular complexity index is 677. The molecule has 1 saturated heterocycles. The zero-order chi connectivity index (χ0) is 32.5. The summed E-state index contributed by atoms with van der Waals surface area (Å²) in [6.45, 7) is 8.48. The molecular formula is C42H78NO2+. The van der Waals surface area contributed by atoms with Gasteiger partial charge in [-0.2, -0.15) is 0 Å². The van der Waals surface area contributed by atoms with E-state index in [0.29, 0.717) is 0 Å². The summed E-state index contributed by atoms with van der Waals surface area (Å²) in [7, 11) is 4.64. The number of rotatable bonds is 32. The first-order chi connectivity index (χ1) is 22.1. The Morgan fingerprint density at radius 1 is 0.422 bits per heavy atom. The van der Waals surface area contributed by atoms with Crippen LogP contribution in [0.3, 0.4) is 0 Å². The maximum absolute atomic E-state index is 6.39. The highest BCUT2D eigenvalue weighted by Crippen LogP contribution is 2.22. The lowest BCUT2D eigenvalue weighted by Gasteiger charge is -2.22. The van der Waals surface area contributed by atoms with Gasteiger partial charge in [-0.3, -0.25) is 0 Å². The van der Waals surface area contributed by atoms with Crippen molar-refractivity contribution in [2.75, 3.05) is 40.4 Å². The van der Waals surface area contributed by atoms with Crippen LogP contribution in [0.4, 0.5) is 0 Å². The van der Waals surface area contributed by atoms with E-state index in [9.17, 15) is 0 Å². The third-order valence-electron chi connectivity index (χ3n) is 9.12. The molecule has 0 spiro atoms. The molecule has 1 aliphatic rings. The van der Waals surface area contributed by atoms with Gasteiger partial charge < -0.3 is 14.0 Å². The second kappa shape index (κ2) is 31.4. The Morgan fingerprint density at radius 2 is 0.733 bits per heavy atom. The van der Waals surface area contributed by atoms with Crippen molar-refractivity contribution in [3.8, 4) is 0 Å². The minimum absolute atomic E-state index is 0.266. The molecule has 45 heavy (non-hydrogen) atoms. The van der Waals surface area contributed by atoms with Gasteiger partial charge in [-0.1, -0.05) is 140 Å². The van der Waals surface area contributed by atoms with Gasteiger partial charge >= 0.3 is 0 Å². The number of hydrogen-bond acceptors (Lipinski definition) is 2. The number of likely N-dealkylation sites (tertiary alicyclic amines) is 1. The molecule has 0 aliphatic carbocycles. The van der Waals surface area contributed by atoms with E-state index in [1.165, 1.54) is 141 Å². The molecule has 0 amide bonds. The largest absolute Gasteiger partial charge is 0.369 e. The summed E-state index contributed by atoms with van der Waals surface area (Å²) < 4.78 is 13.8. The van der Waals surface area contributed by atoms with Crippen LogP contribution >= 0.6 is 0 Å². The number of quaternary nitrogens is 1. The van der Waals surface area contributed by atoms with Gasteiger partial charge in [-0.15, -0.1) is 0 Å². The zero-order valence-electron chi connectivity index (χ0n) is 30.8. The van der Waals surface area contributed by atoms with E-state index in [0.717, 1.165) is 43.6 Å². The number of likely N-dealkylation sites (N-methyl/N-ethyl adjacent to an activating group) is 1. The Morgan fingerprint density at radius 3 is 1.09 bits per heavy atom. The normalized spacial score (nSPS) is 18.6. The molecule has 1 aliphatic heterocycles. The van der Waals surface area contributed by atoms with Crippen molar-refractivity contribution in [3.05, 3.63) is 48.6 Å². The van der Waals surface area contributed by atoms with Gasteiger partial charge in [0, 0.05) is 13.2 Å². The summed E-state index contributed by atoms with van der Waals surface area (Å²) in [6, 6.07) is 0. The molecule has 0 aromatic rings. The first kappa shape index (κ1) is 41.9. The number of unbranched alkanes of at least 4 members (excludes halogenated alkanes) is 18. The van der Waals surface area contributed by atoms with Crippen molar-refractivity contribution >= 4 is 0 Å². The van der Waals surface area contributed by atoms with Crippen LogP contribution in [0.5, 0.6) is 0 Å². The number of nitrogens with zero attached hydrogens (tertiary/aromatic N) is 1.